The van der Waals surface area contributed by atoms with Crippen LogP contribution in [-0.2, 0) is 37.3 Å². The molecule has 252 valence electrons. The number of rotatable bonds is 4. The van der Waals surface area contributed by atoms with Crippen molar-refractivity contribution >= 4 is 11.0 Å². The number of para-hydroxylation sites is 3. The first-order valence-corrected chi connectivity index (χ1v) is 16.5. The molecule has 0 atom stereocenters. The Kier molecular flexibility index (Phi) is 9.54. The summed E-state index contributed by atoms with van der Waals surface area (Å²) in [5.41, 5.74) is 9.61. The zero-order valence-electron chi connectivity index (χ0n) is 29.7. The molecule has 0 amide bonds. The Labute approximate surface area is 305 Å². The first kappa shape index (κ1) is 35.8. The Morgan fingerprint density at radius 3 is 1.98 bits per heavy atom. The molecule has 6 heteroatoms. The quantitative estimate of drug-likeness (QED) is 0.180. The summed E-state index contributed by atoms with van der Waals surface area (Å²) in [5, 5.41) is 21.7. The second-order valence-corrected chi connectivity index (χ2v) is 15.7. The van der Waals surface area contributed by atoms with Crippen molar-refractivity contribution in [1.82, 2.24) is 14.5 Å². The molecule has 2 aromatic heterocycles. The third-order valence-corrected chi connectivity index (χ3v) is 8.92. The van der Waals surface area contributed by atoms with Crippen molar-refractivity contribution in [2.45, 2.75) is 78.6 Å². The molecule has 0 saturated heterocycles. The number of aromatic hydroxyl groups is 1. The third-order valence-electron chi connectivity index (χ3n) is 8.92. The van der Waals surface area contributed by atoms with E-state index in [4.69, 9.17) is 9.97 Å². The van der Waals surface area contributed by atoms with Gasteiger partial charge in [0, 0.05) is 38.6 Å². The van der Waals surface area contributed by atoms with Crippen LogP contribution in [0.3, 0.4) is 0 Å². The summed E-state index contributed by atoms with van der Waals surface area (Å²) in [4.78, 5) is 10.2. The van der Waals surface area contributed by atoms with Crippen LogP contribution in [-0.4, -0.2) is 19.6 Å². The Morgan fingerprint density at radius 1 is 0.714 bits per heavy atom. The van der Waals surface area contributed by atoms with Crippen LogP contribution >= 0.6 is 0 Å². The summed E-state index contributed by atoms with van der Waals surface area (Å²) >= 11 is 0. The number of aromatic nitrogens is 3. The van der Waals surface area contributed by atoms with Crippen molar-refractivity contribution in [3.05, 3.63) is 119 Å². The second kappa shape index (κ2) is 13.1. The maximum Gasteiger partial charge on any atom is 0.148 e. The Bertz CT molecular complexity index is 2200. The normalized spacial score (nSPS) is 12.1. The molecule has 0 fully saturated rings. The van der Waals surface area contributed by atoms with Crippen molar-refractivity contribution in [3.63, 3.8) is 0 Å². The van der Waals surface area contributed by atoms with Gasteiger partial charge in [0.2, 0.25) is 0 Å². The fourth-order valence-electron chi connectivity index (χ4n) is 6.24. The predicted molar refractivity (Wildman–Crippen MR) is 196 cm³/mol. The summed E-state index contributed by atoms with van der Waals surface area (Å²) in [6, 6.07) is 34.5. The zero-order chi connectivity index (χ0) is 34.6. The van der Waals surface area contributed by atoms with Crippen LogP contribution in [0.2, 0.25) is 0 Å². The van der Waals surface area contributed by atoms with Gasteiger partial charge < -0.3 is 5.11 Å². The van der Waals surface area contributed by atoms with E-state index in [0.29, 0.717) is 22.6 Å². The van der Waals surface area contributed by atoms with E-state index in [2.05, 4.69) is 121 Å². The van der Waals surface area contributed by atoms with E-state index in [0.717, 1.165) is 50.1 Å². The number of pyridine rings is 1. The van der Waals surface area contributed by atoms with Gasteiger partial charge in [-0.15, -0.1) is 29.3 Å². The molecule has 0 aliphatic heterocycles. The molecule has 0 radical (unpaired) electrons. The van der Waals surface area contributed by atoms with Gasteiger partial charge in [0.25, 0.3) is 0 Å². The molecule has 0 unspecified atom stereocenters. The van der Waals surface area contributed by atoms with Crippen molar-refractivity contribution in [3.8, 4) is 51.3 Å². The average Bonchev–Trinajstić information content (AvgIpc) is 3.43. The number of nitrogens with zero attached hydrogens (tertiary/aromatic N) is 4. The molecular weight excluding hydrogens is 784 g/mol. The van der Waals surface area contributed by atoms with Gasteiger partial charge in [0.15, 0.2) is 0 Å². The number of phenolic OH excluding ortho intramolecular Hbond substituents is 1. The fourth-order valence-corrected chi connectivity index (χ4v) is 6.24. The second-order valence-electron chi connectivity index (χ2n) is 15.7. The summed E-state index contributed by atoms with van der Waals surface area (Å²) in [5.74, 6) is 0.901. The van der Waals surface area contributed by atoms with Gasteiger partial charge in [-0.05, 0) is 51.6 Å². The molecule has 0 saturated carbocycles. The van der Waals surface area contributed by atoms with Crippen molar-refractivity contribution in [2.24, 2.45) is 0 Å². The minimum atomic E-state index is -0.252. The zero-order valence-corrected chi connectivity index (χ0v) is 32.0. The molecule has 2 heterocycles. The number of hydrogen-bond acceptors (Lipinski definition) is 4. The van der Waals surface area contributed by atoms with Crippen molar-refractivity contribution in [1.29, 1.82) is 5.26 Å². The van der Waals surface area contributed by atoms with Gasteiger partial charge in [-0.25, -0.2) is 4.98 Å². The van der Waals surface area contributed by atoms with Crippen LogP contribution < -0.4 is 0 Å². The third kappa shape index (κ3) is 6.85. The Balaban J connectivity index is 0.00000468. The fraction of sp³-hybridized carbons (Fsp3) is 0.279. The van der Waals surface area contributed by atoms with Gasteiger partial charge in [-0.1, -0.05) is 122 Å². The average molecular weight is 827 g/mol. The number of hydrogen-bond donors (Lipinski definition) is 1. The van der Waals surface area contributed by atoms with Gasteiger partial charge in [-0.2, -0.15) is 5.26 Å². The van der Waals surface area contributed by atoms with Crippen LogP contribution in [0.5, 0.6) is 5.75 Å². The Morgan fingerprint density at radius 2 is 1.35 bits per heavy atom. The first-order chi connectivity index (χ1) is 22.6. The number of phenols is 1. The van der Waals surface area contributed by atoms with Crippen LogP contribution in [0.4, 0.5) is 0 Å². The summed E-state index contributed by atoms with van der Waals surface area (Å²) < 4.78 is 2.13. The van der Waals surface area contributed by atoms with E-state index in [-0.39, 0.29) is 43.1 Å². The van der Waals surface area contributed by atoms with Gasteiger partial charge >= 0.3 is 0 Å². The monoisotopic (exact) mass is 826 g/mol. The van der Waals surface area contributed by atoms with E-state index in [9.17, 15) is 10.4 Å². The van der Waals surface area contributed by atoms with E-state index in [1.165, 1.54) is 0 Å². The van der Waals surface area contributed by atoms with Crippen LogP contribution in [0.1, 0.15) is 84.6 Å². The SMILES string of the molecule is CC(C)(C)c1cc(-c2cc(C#N)c(C(C)(C)C)cn2)[c-]c(-c2cccc3c2nc(-c2cccc(C(C)(C)C)c2O)n3-c2ccccc2)c1.[Pt]. The smallest absolute Gasteiger partial charge is 0.148 e. The molecule has 0 bridgehead atoms. The molecule has 6 rings (SSSR count). The minimum absolute atomic E-state index is 0. The molecule has 1 N–H and O–H groups in total. The van der Waals surface area contributed by atoms with E-state index >= 15 is 0 Å². The van der Waals surface area contributed by atoms with Crippen molar-refractivity contribution < 1.29 is 26.2 Å². The van der Waals surface area contributed by atoms with Crippen molar-refractivity contribution in [2.75, 3.05) is 0 Å². The maximum atomic E-state index is 11.7. The Hall–Kier alpha value is -4.52. The summed E-state index contributed by atoms with van der Waals surface area (Å²) in [6.45, 7) is 19.2. The van der Waals surface area contributed by atoms with Gasteiger partial charge in [0.1, 0.15) is 11.6 Å². The molecule has 0 aliphatic rings. The van der Waals surface area contributed by atoms with E-state index < -0.39 is 0 Å². The van der Waals surface area contributed by atoms with Gasteiger partial charge in [0.05, 0.1) is 28.2 Å². The number of imidazole rings is 1. The molecule has 0 spiro atoms. The number of fused-ring (bicyclic) bond motifs is 1. The number of benzene rings is 4. The molecule has 4 aromatic carbocycles. The standard InChI is InChI=1S/C43H43N4O.Pt/c1-41(2,3)30-22-27(21-28(23-30)36-24-29(25-44)35(26-45-36)43(7,8)9)32-17-14-20-37-38(32)46-40(47(37)31-15-11-10-12-16-31)33-18-13-19-34(39(33)48)42(4,5)6;/h10-20,22-24,26,48H,1-9H3;/q-1;. The van der Waals surface area contributed by atoms with Crippen LogP contribution in [0.15, 0.2) is 91.1 Å². The number of nitriles is 1. The molecule has 49 heavy (non-hydrogen) atoms. The topological polar surface area (TPSA) is 74.7 Å². The maximum absolute atomic E-state index is 11.7. The molecule has 5 nitrogen and oxygen atoms in total. The minimum Gasteiger partial charge on any atom is -0.507 e. The van der Waals surface area contributed by atoms with Crippen LogP contribution in [0, 0.1) is 17.4 Å². The van der Waals surface area contributed by atoms with E-state index in [1.54, 1.807) is 0 Å². The summed E-state index contributed by atoms with van der Waals surface area (Å²) in [7, 11) is 0. The van der Waals surface area contributed by atoms with Gasteiger partial charge in [-0.3, -0.25) is 9.55 Å². The first-order valence-electron chi connectivity index (χ1n) is 16.5. The van der Waals surface area contributed by atoms with Crippen LogP contribution in [0.25, 0.3) is 50.5 Å². The molecule has 6 aromatic rings. The largest absolute Gasteiger partial charge is 0.507 e. The van der Waals surface area contributed by atoms with E-state index in [1.807, 2.05) is 48.7 Å². The molecular formula is C43H43N4OPt-. The predicted octanol–water partition coefficient (Wildman–Crippen LogP) is 10.7. The summed E-state index contributed by atoms with van der Waals surface area (Å²) in [6.07, 6.45) is 1.83. The molecule has 0 aliphatic carbocycles.